The molecule has 1 aromatic rings. The standard InChI is InChI=1S/C11H12N2O3/c14-7-1-2-8-9(5-7)16-6-11(8)10(15)12-3-4-13-11/h1-2,5,13-14H,3-4,6H2,(H,12,15). The Morgan fingerprint density at radius 3 is 3.06 bits per heavy atom. The molecule has 1 aromatic carbocycles. The minimum absolute atomic E-state index is 0.0665. The number of hydrogen-bond donors (Lipinski definition) is 3. The number of hydrogen-bond acceptors (Lipinski definition) is 4. The minimum atomic E-state index is -0.777. The summed E-state index contributed by atoms with van der Waals surface area (Å²) in [4.78, 5) is 11.9. The average Bonchev–Trinajstić information content (AvgIpc) is 2.62. The van der Waals surface area contributed by atoms with Crippen molar-refractivity contribution >= 4 is 5.91 Å². The number of aromatic hydroxyl groups is 1. The minimum Gasteiger partial charge on any atom is -0.508 e. The molecule has 3 rings (SSSR count). The maximum absolute atomic E-state index is 11.9. The van der Waals surface area contributed by atoms with Crippen LogP contribution in [-0.4, -0.2) is 30.7 Å². The lowest BCUT2D eigenvalue weighted by Gasteiger charge is -2.32. The predicted molar refractivity (Wildman–Crippen MR) is 56.3 cm³/mol. The number of benzene rings is 1. The third-order valence-electron chi connectivity index (χ3n) is 3.09. The maximum Gasteiger partial charge on any atom is 0.248 e. The fourth-order valence-electron chi connectivity index (χ4n) is 2.26. The first kappa shape index (κ1) is 9.47. The number of carbonyl (C=O) groups is 1. The molecule has 0 aromatic heterocycles. The Hall–Kier alpha value is -1.75. The number of piperazine rings is 1. The van der Waals surface area contributed by atoms with E-state index in [4.69, 9.17) is 4.74 Å². The number of fused-ring (bicyclic) bond motifs is 2. The molecule has 0 aliphatic carbocycles. The zero-order chi connectivity index (χ0) is 11.2. The van der Waals surface area contributed by atoms with Gasteiger partial charge in [-0.15, -0.1) is 0 Å². The molecule has 5 nitrogen and oxygen atoms in total. The van der Waals surface area contributed by atoms with E-state index >= 15 is 0 Å². The number of rotatable bonds is 0. The summed E-state index contributed by atoms with van der Waals surface area (Å²) in [6.45, 7) is 1.63. The number of phenolic OH excluding ortho intramolecular Hbond substituents is 1. The average molecular weight is 220 g/mol. The fourth-order valence-corrected chi connectivity index (χ4v) is 2.26. The van der Waals surface area contributed by atoms with Crippen LogP contribution in [0.3, 0.4) is 0 Å². The van der Waals surface area contributed by atoms with Crippen LogP contribution < -0.4 is 15.4 Å². The van der Waals surface area contributed by atoms with Gasteiger partial charge in [-0.2, -0.15) is 0 Å². The van der Waals surface area contributed by atoms with Gasteiger partial charge in [0.1, 0.15) is 18.1 Å². The zero-order valence-corrected chi connectivity index (χ0v) is 8.62. The molecule has 16 heavy (non-hydrogen) atoms. The maximum atomic E-state index is 11.9. The van der Waals surface area contributed by atoms with E-state index in [2.05, 4.69) is 10.6 Å². The summed E-state index contributed by atoms with van der Waals surface area (Å²) in [6.07, 6.45) is 0. The monoisotopic (exact) mass is 220 g/mol. The molecular weight excluding hydrogens is 208 g/mol. The van der Waals surface area contributed by atoms with Crippen LogP contribution in [0, 0.1) is 0 Å². The molecule has 84 valence electrons. The number of amides is 1. The predicted octanol–water partition coefficient (Wildman–Crippen LogP) is -0.301. The highest BCUT2D eigenvalue weighted by molar-refractivity contribution is 5.90. The molecule has 0 saturated carbocycles. The summed E-state index contributed by atoms with van der Waals surface area (Å²) < 4.78 is 5.46. The molecule has 2 aliphatic rings. The van der Waals surface area contributed by atoms with Gasteiger partial charge in [0.25, 0.3) is 0 Å². The van der Waals surface area contributed by atoms with E-state index in [9.17, 15) is 9.90 Å². The van der Waals surface area contributed by atoms with Crippen LogP contribution >= 0.6 is 0 Å². The second-order valence-corrected chi connectivity index (χ2v) is 4.06. The van der Waals surface area contributed by atoms with Crippen molar-refractivity contribution in [3.05, 3.63) is 23.8 Å². The summed E-state index contributed by atoms with van der Waals surface area (Å²) in [5, 5.41) is 15.4. The van der Waals surface area contributed by atoms with Gasteiger partial charge in [0.05, 0.1) is 0 Å². The van der Waals surface area contributed by atoms with E-state index in [1.54, 1.807) is 12.1 Å². The molecule has 5 heteroatoms. The Morgan fingerprint density at radius 2 is 2.25 bits per heavy atom. The van der Waals surface area contributed by atoms with Crippen LogP contribution in [0.15, 0.2) is 18.2 Å². The van der Waals surface area contributed by atoms with E-state index in [0.29, 0.717) is 12.3 Å². The summed E-state index contributed by atoms with van der Waals surface area (Å²) in [6, 6.07) is 4.84. The Labute approximate surface area is 92.4 Å². The number of carbonyl (C=O) groups excluding carboxylic acids is 1. The van der Waals surface area contributed by atoms with Crippen molar-refractivity contribution in [1.29, 1.82) is 0 Å². The molecule has 1 atom stereocenters. The van der Waals surface area contributed by atoms with Gasteiger partial charge in [0, 0.05) is 24.7 Å². The molecule has 2 heterocycles. The molecular formula is C11H12N2O3. The van der Waals surface area contributed by atoms with Crippen LogP contribution in [0.4, 0.5) is 0 Å². The molecule has 1 spiro atoms. The summed E-state index contributed by atoms with van der Waals surface area (Å²) in [5.41, 5.74) is 0.0175. The van der Waals surface area contributed by atoms with Crippen LogP contribution in [0.2, 0.25) is 0 Å². The van der Waals surface area contributed by atoms with Gasteiger partial charge in [0.15, 0.2) is 5.54 Å². The van der Waals surface area contributed by atoms with E-state index in [1.165, 1.54) is 6.07 Å². The third-order valence-corrected chi connectivity index (χ3v) is 3.09. The van der Waals surface area contributed by atoms with Crippen molar-refractivity contribution in [1.82, 2.24) is 10.6 Å². The van der Waals surface area contributed by atoms with Crippen molar-refractivity contribution in [2.45, 2.75) is 5.54 Å². The number of nitrogens with one attached hydrogen (secondary N) is 2. The lowest BCUT2D eigenvalue weighted by molar-refractivity contribution is -0.130. The van der Waals surface area contributed by atoms with E-state index < -0.39 is 5.54 Å². The second-order valence-electron chi connectivity index (χ2n) is 4.06. The highest BCUT2D eigenvalue weighted by atomic mass is 16.5. The van der Waals surface area contributed by atoms with Crippen LogP contribution in [-0.2, 0) is 10.3 Å². The molecule has 1 unspecified atom stereocenters. The van der Waals surface area contributed by atoms with Gasteiger partial charge in [0.2, 0.25) is 5.91 Å². The molecule has 0 bridgehead atoms. The highest BCUT2D eigenvalue weighted by Gasteiger charge is 2.48. The van der Waals surface area contributed by atoms with Gasteiger partial charge < -0.3 is 15.2 Å². The van der Waals surface area contributed by atoms with Crippen molar-refractivity contribution < 1.29 is 14.6 Å². The number of phenols is 1. The SMILES string of the molecule is O=C1NCCNC12COc1cc(O)ccc12. The molecule has 3 N–H and O–H groups in total. The molecule has 1 amide bonds. The van der Waals surface area contributed by atoms with E-state index in [0.717, 1.165) is 12.1 Å². The quantitative estimate of drug-likeness (QED) is 0.561. The van der Waals surface area contributed by atoms with Gasteiger partial charge >= 0.3 is 0 Å². The molecule has 1 fully saturated rings. The second kappa shape index (κ2) is 3.12. The Morgan fingerprint density at radius 1 is 1.38 bits per heavy atom. The summed E-state index contributed by atoms with van der Waals surface area (Å²) in [5.74, 6) is 0.653. The van der Waals surface area contributed by atoms with Crippen LogP contribution in [0.25, 0.3) is 0 Å². The van der Waals surface area contributed by atoms with Gasteiger partial charge in [-0.1, -0.05) is 0 Å². The Balaban J connectivity index is 2.10. The third kappa shape index (κ3) is 1.12. The lowest BCUT2D eigenvalue weighted by Crippen LogP contribution is -2.61. The lowest BCUT2D eigenvalue weighted by atomic mass is 9.89. The van der Waals surface area contributed by atoms with Crippen LogP contribution in [0.1, 0.15) is 5.56 Å². The first-order valence-electron chi connectivity index (χ1n) is 5.22. The van der Waals surface area contributed by atoms with Crippen LogP contribution in [0.5, 0.6) is 11.5 Å². The Kier molecular flexibility index (Phi) is 1.85. The number of ether oxygens (including phenoxy) is 1. The normalized spacial score (nSPS) is 27.4. The first-order valence-corrected chi connectivity index (χ1v) is 5.22. The molecule has 0 radical (unpaired) electrons. The topological polar surface area (TPSA) is 70.6 Å². The van der Waals surface area contributed by atoms with E-state index in [1.807, 2.05) is 0 Å². The Bertz CT molecular complexity index is 461. The van der Waals surface area contributed by atoms with Gasteiger partial charge in [-0.3, -0.25) is 10.1 Å². The summed E-state index contributed by atoms with van der Waals surface area (Å²) in [7, 11) is 0. The van der Waals surface area contributed by atoms with Crippen molar-refractivity contribution in [3.63, 3.8) is 0 Å². The van der Waals surface area contributed by atoms with Crippen molar-refractivity contribution in [2.75, 3.05) is 19.7 Å². The summed E-state index contributed by atoms with van der Waals surface area (Å²) >= 11 is 0. The largest absolute Gasteiger partial charge is 0.508 e. The van der Waals surface area contributed by atoms with E-state index in [-0.39, 0.29) is 18.3 Å². The molecule has 1 saturated heterocycles. The molecule has 2 aliphatic heterocycles. The van der Waals surface area contributed by atoms with Gasteiger partial charge in [-0.25, -0.2) is 0 Å². The van der Waals surface area contributed by atoms with Gasteiger partial charge in [-0.05, 0) is 12.1 Å². The fraction of sp³-hybridized carbons (Fsp3) is 0.364. The van der Waals surface area contributed by atoms with Crippen molar-refractivity contribution in [3.8, 4) is 11.5 Å². The zero-order valence-electron chi connectivity index (χ0n) is 8.62. The smallest absolute Gasteiger partial charge is 0.248 e. The first-order chi connectivity index (χ1) is 7.72. The van der Waals surface area contributed by atoms with Crippen molar-refractivity contribution in [2.24, 2.45) is 0 Å². The highest BCUT2D eigenvalue weighted by Crippen LogP contribution is 2.39.